The van der Waals surface area contributed by atoms with E-state index in [1.54, 1.807) is 6.92 Å². The molecule has 0 aromatic carbocycles. The summed E-state index contributed by atoms with van der Waals surface area (Å²) < 4.78 is 9.81. The van der Waals surface area contributed by atoms with Crippen LogP contribution in [0.1, 0.15) is 20.3 Å². The van der Waals surface area contributed by atoms with E-state index in [1.165, 1.54) is 6.26 Å². The summed E-state index contributed by atoms with van der Waals surface area (Å²) in [5, 5.41) is 0. The van der Waals surface area contributed by atoms with E-state index in [0.29, 0.717) is 24.7 Å². The van der Waals surface area contributed by atoms with E-state index in [1.807, 2.05) is 6.92 Å². The van der Waals surface area contributed by atoms with Crippen LogP contribution in [0.15, 0.2) is 11.8 Å². The van der Waals surface area contributed by atoms with Gasteiger partial charge in [-0.2, -0.15) is 0 Å². The molecule has 0 N–H and O–H groups in total. The van der Waals surface area contributed by atoms with E-state index in [-0.39, 0.29) is 5.97 Å². The van der Waals surface area contributed by atoms with Crippen molar-refractivity contribution in [2.45, 2.75) is 20.3 Å². The van der Waals surface area contributed by atoms with Crippen molar-refractivity contribution >= 4 is 17.6 Å². The van der Waals surface area contributed by atoms with Crippen LogP contribution in [0.4, 0.5) is 0 Å². The molecule has 0 aliphatic carbocycles. The van der Waals surface area contributed by atoms with Gasteiger partial charge in [-0.25, -0.2) is 4.79 Å². The Morgan fingerprint density at radius 1 is 1.46 bits per heavy atom. The summed E-state index contributed by atoms with van der Waals surface area (Å²) in [7, 11) is 0. The van der Waals surface area contributed by atoms with Gasteiger partial charge >= 0.3 is 5.97 Å². The summed E-state index contributed by atoms with van der Waals surface area (Å²) in [6.07, 6.45) is 2.20. The highest BCUT2D eigenvalue weighted by molar-refractivity contribution is 6.17. The number of hydrogen-bond donors (Lipinski definition) is 0. The molecule has 0 saturated carbocycles. The van der Waals surface area contributed by atoms with E-state index < -0.39 is 0 Å². The minimum Gasteiger partial charge on any atom is -0.499 e. The van der Waals surface area contributed by atoms with Gasteiger partial charge in [0.2, 0.25) is 0 Å². The molecule has 0 saturated heterocycles. The molecule has 3 nitrogen and oxygen atoms in total. The van der Waals surface area contributed by atoms with Crippen LogP contribution in [0, 0.1) is 0 Å². The Hall–Kier alpha value is -0.700. The van der Waals surface area contributed by atoms with Crippen LogP contribution in [0.2, 0.25) is 0 Å². The molecule has 0 heterocycles. The van der Waals surface area contributed by atoms with E-state index in [0.717, 1.165) is 6.42 Å². The Morgan fingerprint density at radius 3 is 2.69 bits per heavy atom. The maximum absolute atomic E-state index is 11.1. The third kappa shape index (κ3) is 6.46. The van der Waals surface area contributed by atoms with E-state index in [9.17, 15) is 4.79 Å². The van der Waals surface area contributed by atoms with Crippen LogP contribution in [0.3, 0.4) is 0 Å². The molecule has 0 unspecified atom stereocenters. The standard InChI is InChI=1S/C9H15ClO3/c1-3-5-13-9(11)8(2)7-12-6-4-10/h7H,3-6H2,1-2H3. The van der Waals surface area contributed by atoms with Gasteiger partial charge in [-0.1, -0.05) is 6.92 Å². The maximum atomic E-state index is 11.1. The third-order valence-electron chi connectivity index (χ3n) is 1.21. The largest absolute Gasteiger partial charge is 0.499 e. The normalized spacial score (nSPS) is 11.2. The molecule has 0 aliphatic heterocycles. The van der Waals surface area contributed by atoms with Gasteiger partial charge in [-0.05, 0) is 13.3 Å². The van der Waals surface area contributed by atoms with Crippen molar-refractivity contribution in [3.63, 3.8) is 0 Å². The van der Waals surface area contributed by atoms with Gasteiger partial charge in [0.1, 0.15) is 6.61 Å². The number of hydrogen-bond acceptors (Lipinski definition) is 3. The molecule has 0 bridgehead atoms. The number of rotatable bonds is 6. The van der Waals surface area contributed by atoms with Crippen LogP contribution in [-0.4, -0.2) is 25.1 Å². The van der Waals surface area contributed by atoms with Gasteiger partial charge < -0.3 is 9.47 Å². The topological polar surface area (TPSA) is 35.5 Å². The zero-order valence-electron chi connectivity index (χ0n) is 8.01. The molecule has 0 atom stereocenters. The minimum atomic E-state index is -0.337. The van der Waals surface area contributed by atoms with Crippen molar-refractivity contribution in [2.75, 3.05) is 19.1 Å². The van der Waals surface area contributed by atoms with Crippen LogP contribution >= 0.6 is 11.6 Å². The molecule has 0 amide bonds. The van der Waals surface area contributed by atoms with Crippen molar-refractivity contribution in [1.29, 1.82) is 0 Å². The first kappa shape index (κ1) is 12.3. The van der Waals surface area contributed by atoms with Gasteiger partial charge in [-0.3, -0.25) is 0 Å². The highest BCUT2D eigenvalue weighted by atomic mass is 35.5. The smallest absolute Gasteiger partial charge is 0.336 e. The monoisotopic (exact) mass is 206 g/mol. The fourth-order valence-electron chi connectivity index (χ4n) is 0.585. The summed E-state index contributed by atoms with van der Waals surface area (Å²) >= 11 is 5.38. The number of halogens is 1. The minimum absolute atomic E-state index is 0.337. The molecular formula is C9H15ClO3. The highest BCUT2D eigenvalue weighted by Gasteiger charge is 2.04. The SMILES string of the molecule is CCCOC(=O)C(C)=COCCCl. The van der Waals surface area contributed by atoms with E-state index in [2.05, 4.69) is 0 Å². The molecule has 0 aliphatic rings. The van der Waals surface area contributed by atoms with Crippen molar-refractivity contribution < 1.29 is 14.3 Å². The molecule has 76 valence electrons. The number of carbonyl (C=O) groups is 1. The maximum Gasteiger partial charge on any atom is 0.336 e. The lowest BCUT2D eigenvalue weighted by Crippen LogP contribution is -2.07. The second-order valence-corrected chi connectivity index (χ2v) is 2.87. The van der Waals surface area contributed by atoms with Crippen LogP contribution in [-0.2, 0) is 14.3 Å². The molecule has 0 aromatic heterocycles. The van der Waals surface area contributed by atoms with Crippen molar-refractivity contribution in [1.82, 2.24) is 0 Å². The Morgan fingerprint density at radius 2 is 2.15 bits per heavy atom. The van der Waals surface area contributed by atoms with Crippen molar-refractivity contribution in [3.8, 4) is 0 Å². The lowest BCUT2D eigenvalue weighted by Gasteiger charge is -2.03. The number of ether oxygens (including phenoxy) is 2. The molecule has 13 heavy (non-hydrogen) atoms. The first-order chi connectivity index (χ1) is 6.22. The van der Waals surface area contributed by atoms with E-state index in [4.69, 9.17) is 21.1 Å². The zero-order chi connectivity index (χ0) is 10.1. The molecule has 0 fully saturated rings. The first-order valence-electron chi connectivity index (χ1n) is 4.23. The zero-order valence-corrected chi connectivity index (χ0v) is 8.76. The molecule has 0 spiro atoms. The molecule has 0 rings (SSSR count). The highest BCUT2D eigenvalue weighted by Crippen LogP contribution is 1.98. The Kier molecular flexibility index (Phi) is 7.50. The second-order valence-electron chi connectivity index (χ2n) is 2.50. The van der Waals surface area contributed by atoms with Gasteiger partial charge in [0, 0.05) is 0 Å². The molecule has 0 radical (unpaired) electrons. The average Bonchev–Trinajstić information content (AvgIpc) is 2.14. The Labute approximate surface area is 83.7 Å². The summed E-state index contributed by atoms with van der Waals surface area (Å²) in [5.41, 5.74) is 0.457. The van der Waals surface area contributed by atoms with Gasteiger partial charge in [0.15, 0.2) is 0 Å². The van der Waals surface area contributed by atoms with Gasteiger partial charge in [0.05, 0.1) is 24.3 Å². The third-order valence-corrected chi connectivity index (χ3v) is 1.37. The van der Waals surface area contributed by atoms with Crippen LogP contribution in [0.5, 0.6) is 0 Å². The second kappa shape index (κ2) is 7.92. The van der Waals surface area contributed by atoms with Crippen LogP contribution in [0.25, 0.3) is 0 Å². The summed E-state index contributed by atoms with van der Waals surface area (Å²) in [6, 6.07) is 0. The predicted molar refractivity (Wildman–Crippen MR) is 51.7 cm³/mol. The molecule has 4 heteroatoms. The fraction of sp³-hybridized carbons (Fsp3) is 0.667. The lowest BCUT2D eigenvalue weighted by atomic mass is 10.3. The summed E-state index contributed by atoms with van der Waals surface area (Å²) in [5.74, 6) is 0.0739. The number of esters is 1. The number of alkyl halides is 1. The Balaban J connectivity index is 3.72. The van der Waals surface area contributed by atoms with Crippen LogP contribution < -0.4 is 0 Å². The van der Waals surface area contributed by atoms with Gasteiger partial charge in [-0.15, -0.1) is 11.6 Å². The quantitative estimate of drug-likeness (QED) is 0.220. The first-order valence-corrected chi connectivity index (χ1v) is 4.77. The fourth-order valence-corrected chi connectivity index (χ4v) is 0.674. The summed E-state index contributed by atoms with van der Waals surface area (Å²) in [4.78, 5) is 11.1. The van der Waals surface area contributed by atoms with Crippen molar-refractivity contribution in [2.24, 2.45) is 0 Å². The number of carbonyl (C=O) groups excluding carboxylic acids is 1. The Bertz CT molecular complexity index is 178. The van der Waals surface area contributed by atoms with Crippen molar-refractivity contribution in [3.05, 3.63) is 11.8 Å². The lowest BCUT2D eigenvalue weighted by molar-refractivity contribution is -0.139. The van der Waals surface area contributed by atoms with E-state index >= 15 is 0 Å². The van der Waals surface area contributed by atoms with Gasteiger partial charge in [0.25, 0.3) is 0 Å². The molecule has 0 aromatic rings. The average molecular weight is 207 g/mol. The molecular weight excluding hydrogens is 192 g/mol. The predicted octanol–water partition coefficient (Wildman–Crippen LogP) is 2.10. The summed E-state index contributed by atoms with van der Waals surface area (Å²) in [6.45, 7) is 4.43.